The molecule has 0 saturated heterocycles. The zero-order valence-corrected chi connectivity index (χ0v) is 23.6. The Labute approximate surface area is 235 Å². The van der Waals surface area contributed by atoms with Crippen LogP contribution in [0.1, 0.15) is 45.2 Å². The Morgan fingerprint density at radius 2 is 1.88 bits per heavy atom. The third-order valence-electron chi connectivity index (χ3n) is 6.80. The highest BCUT2D eigenvalue weighted by atomic mass is 32.1. The average Bonchev–Trinajstić information content (AvgIpc) is 3.43. The van der Waals surface area contributed by atoms with Gasteiger partial charge >= 0.3 is 5.97 Å². The number of esters is 1. The largest absolute Gasteiger partial charge is 0.497 e. The Morgan fingerprint density at radius 3 is 2.58 bits per heavy atom. The molecule has 0 spiro atoms. The molecule has 2 aliphatic heterocycles. The van der Waals surface area contributed by atoms with Crippen LogP contribution in [0.4, 0.5) is 5.69 Å². The van der Waals surface area contributed by atoms with Gasteiger partial charge in [0, 0.05) is 0 Å². The second-order valence-electron chi connectivity index (χ2n) is 9.42. The lowest BCUT2D eigenvalue weighted by Crippen LogP contribution is -2.40. The van der Waals surface area contributed by atoms with E-state index in [1.54, 1.807) is 33.1 Å². The van der Waals surface area contributed by atoms with Gasteiger partial charge in [0.15, 0.2) is 4.80 Å². The van der Waals surface area contributed by atoms with Crippen molar-refractivity contribution in [3.63, 3.8) is 0 Å². The van der Waals surface area contributed by atoms with Crippen LogP contribution in [0.2, 0.25) is 0 Å². The number of allylic oxidation sites excluding steroid dienone is 1. The number of ether oxygens (including phenoxy) is 2. The van der Waals surface area contributed by atoms with E-state index >= 15 is 0 Å². The molecule has 0 saturated carbocycles. The first-order chi connectivity index (χ1) is 19.4. The number of para-hydroxylation sites is 1. The third kappa shape index (κ3) is 4.90. The van der Waals surface area contributed by atoms with Crippen molar-refractivity contribution in [1.29, 1.82) is 0 Å². The number of aromatic nitrogens is 1. The predicted octanol–water partition coefficient (Wildman–Crippen LogP) is 3.58. The Kier molecular flexibility index (Phi) is 7.79. The standard InChI is InChI=1S/C30H30N4O5S/c1-5-11-23-25(29(37)39-6-2)26(19-12-10-15-21(16-19)38-4)33-28(36)24(40-30(33)31-23)17-22-18(3)32-34(27(22)35)20-13-8-7-9-14-20/h7-10,12-17,22,26H,5-6,11H2,1-4H3/b24-17+/t22-,26+/m0/s1. The van der Waals surface area contributed by atoms with E-state index in [4.69, 9.17) is 14.5 Å². The summed E-state index contributed by atoms with van der Waals surface area (Å²) >= 11 is 1.20. The van der Waals surface area contributed by atoms with Gasteiger partial charge in [-0.3, -0.25) is 14.2 Å². The molecule has 0 fully saturated rings. The topological polar surface area (TPSA) is 103 Å². The summed E-state index contributed by atoms with van der Waals surface area (Å²) in [4.78, 5) is 45.9. The number of benzene rings is 2. The fraction of sp³-hybridized carbons (Fsp3) is 0.300. The van der Waals surface area contributed by atoms with E-state index in [1.807, 2.05) is 55.5 Å². The summed E-state index contributed by atoms with van der Waals surface area (Å²) in [5, 5.41) is 5.83. The number of hydrogen-bond acceptors (Lipinski definition) is 8. The fourth-order valence-corrected chi connectivity index (χ4v) is 5.97. The maximum Gasteiger partial charge on any atom is 0.338 e. The Morgan fingerprint density at radius 1 is 1.10 bits per heavy atom. The molecule has 5 rings (SSSR count). The Balaban J connectivity index is 1.67. The smallest absolute Gasteiger partial charge is 0.338 e. The first kappa shape index (κ1) is 27.3. The van der Waals surface area contributed by atoms with Crippen LogP contribution in [-0.2, 0) is 14.3 Å². The number of carbonyl (C=O) groups excluding carboxylic acids is 2. The summed E-state index contributed by atoms with van der Waals surface area (Å²) < 4.78 is 12.8. The molecule has 2 aliphatic rings. The number of methoxy groups -OCH3 is 1. The predicted molar refractivity (Wildman–Crippen MR) is 154 cm³/mol. The second-order valence-corrected chi connectivity index (χ2v) is 10.4. The number of hydrazone groups is 1. The van der Waals surface area contributed by atoms with Crippen molar-refractivity contribution in [2.24, 2.45) is 16.0 Å². The molecule has 0 radical (unpaired) electrons. The van der Waals surface area contributed by atoms with Gasteiger partial charge in [-0.1, -0.05) is 55.0 Å². The number of nitrogens with zero attached hydrogens (tertiary/aromatic N) is 4. The van der Waals surface area contributed by atoms with Crippen molar-refractivity contribution >= 4 is 40.7 Å². The zero-order valence-electron chi connectivity index (χ0n) is 22.8. The van der Waals surface area contributed by atoms with Crippen LogP contribution < -0.4 is 24.6 Å². The van der Waals surface area contributed by atoms with Crippen LogP contribution in [0.15, 0.2) is 80.8 Å². The molecule has 9 nitrogen and oxygen atoms in total. The van der Waals surface area contributed by atoms with Crippen molar-refractivity contribution in [1.82, 2.24) is 4.57 Å². The molecule has 2 atom stereocenters. The van der Waals surface area contributed by atoms with E-state index in [0.29, 0.717) is 49.7 Å². The van der Waals surface area contributed by atoms with Gasteiger partial charge in [-0.25, -0.2) is 9.79 Å². The van der Waals surface area contributed by atoms with Crippen LogP contribution >= 0.6 is 11.3 Å². The lowest BCUT2D eigenvalue weighted by atomic mass is 9.94. The lowest BCUT2D eigenvalue weighted by molar-refractivity contribution is -0.139. The minimum Gasteiger partial charge on any atom is -0.497 e. The number of rotatable bonds is 8. The quantitative estimate of drug-likeness (QED) is 0.394. The molecular formula is C30H30N4O5S. The van der Waals surface area contributed by atoms with Gasteiger partial charge in [0.05, 0.1) is 47.0 Å². The molecule has 3 aromatic rings. The summed E-state index contributed by atoms with van der Waals surface area (Å²) in [7, 11) is 1.57. The van der Waals surface area contributed by atoms with E-state index in [1.165, 1.54) is 20.9 Å². The normalized spacial score (nSPS) is 18.9. The van der Waals surface area contributed by atoms with E-state index in [-0.39, 0.29) is 18.1 Å². The molecule has 1 amide bonds. The van der Waals surface area contributed by atoms with Crippen LogP contribution in [0.5, 0.6) is 5.75 Å². The van der Waals surface area contributed by atoms with Gasteiger partial charge in [0.1, 0.15) is 11.7 Å². The van der Waals surface area contributed by atoms with Gasteiger partial charge in [-0.2, -0.15) is 10.1 Å². The molecule has 10 heteroatoms. The molecule has 2 aromatic carbocycles. The summed E-state index contributed by atoms with van der Waals surface area (Å²) in [6.45, 7) is 5.72. The first-order valence-corrected chi connectivity index (χ1v) is 14.0. The fourth-order valence-electron chi connectivity index (χ4n) is 4.94. The number of amides is 1. The molecule has 40 heavy (non-hydrogen) atoms. The molecule has 0 unspecified atom stereocenters. The maximum atomic E-state index is 14.0. The molecule has 0 bridgehead atoms. The van der Waals surface area contributed by atoms with Gasteiger partial charge in [-0.15, -0.1) is 0 Å². The highest BCUT2D eigenvalue weighted by Gasteiger charge is 2.36. The van der Waals surface area contributed by atoms with Gasteiger partial charge < -0.3 is 9.47 Å². The monoisotopic (exact) mass is 558 g/mol. The minimum atomic E-state index is -0.760. The van der Waals surface area contributed by atoms with Crippen LogP contribution in [0.25, 0.3) is 6.08 Å². The molecular weight excluding hydrogens is 528 g/mol. The average molecular weight is 559 g/mol. The number of carbonyl (C=O) groups is 2. The summed E-state index contributed by atoms with van der Waals surface area (Å²) in [6.07, 6.45) is 2.95. The highest BCUT2D eigenvalue weighted by molar-refractivity contribution is 7.07. The van der Waals surface area contributed by atoms with Gasteiger partial charge in [-0.05, 0) is 56.2 Å². The molecule has 1 aromatic heterocycles. The van der Waals surface area contributed by atoms with Crippen molar-refractivity contribution in [3.8, 4) is 5.75 Å². The third-order valence-corrected chi connectivity index (χ3v) is 7.80. The number of fused-ring (bicyclic) bond motifs is 1. The Hall–Kier alpha value is -4.31. The molecule has 206 valence electrons. The van der Waals surface area contributed by atoms with Gasteiger partial charge in [0.2, 0.25) is 0 Å². The first-order valence-electron chi connectivity index (χ1n) is 13.2. The number of anilines is 1. The number of hydrogen-bond donors (Lipinski definition) is 0. The van der Waals surface area contributed by atoms with Gasteiger partial charge in [0.25, 0.3) is 11.5 Å². The lowest BCUT2D eigenvalue weighted by Gasteiger charge is -2.26. The zero-order chi connectivity index (χ0) is 28.4. The molecule has 0 N–H and O–H groups in total. The Bertz CT molecular complexity index is 1700. The summed E-state index contributed by atoms with van der Waals surface area (Å²) in [6, 6.07) is 15.7. The second kappa shape index (κ2) is 11.4. The summed E-state index contributed by atoms with van der Waals surface area (Å²) in [5.41, 5.74) is 2.53. The van der Waals surface area contributed by atoms with Crippen LogP contribution in [0, 0.1) is 5.92 Å². The van der Waals surface area contributed by atoms with Crippen molar-refractivity contribution < 1.29 is 19.1 Å². The summed E-state index contributed by atoms with van der Waals surface area (Å²) in [5.74, 6) is -0.847. The van der Waals surface area contributed by atoms with Crippen molar-refractivity contribution in [2.45, 2.75) is 39.7 Å². The van der Waals surface area contributed by atoms with E-state index in [0.717, 1.165) is 6.42 Å². The minimum absolute atomic E-state index is 0.192. The maximum absolute atomic E-state index is 14.0. The highest BCUT2D eigenvalue weighted by Crippen LogP contribution is 2.34. The molecule has 3 heterocycles. The van der Waals surface area contributed by atoms with E-state index < -0.39 is 17.9 Å². The number of thiazole rings is 1. The molecule has 0 aliphatic carbocycles. The van der Waals surface area contributed by atoms with Crippen molar-refractivity contribution in [3.05, 3.63) is 91.1 Å². The van der Waals surface area contributed by atoms with E-state index in [2.05, 4.69) is 5.10 Å². The van der Waals surface area contributed by atoms with Crippen LogP contribution in [-0.4, -0.2) is 35.9 Å². The van der Waals surface area contributed by atoms with E-state index in [9.17, 15) is 14.4 Å². The van der Waals surface area contributed by atoms with Crippen LogP contribution in [0.3, 0.4) is 0 Å². The SMILES string of the molecule is CCCC1=C(C(=O)OCC)[C@@H](c2cccc(OC)c2)n2c(s/c(=C/[C@@H]3C(=O)N(c4ccccc4)N=C3C)c2=O)=N1. The van der Waals surface area contributed by atoms with Crippen molar-refractivity contribution in [2.75, 3.05) is 18.7 Å².